The minimum Gasteiger partial charge on any atom is -0.358 e. The van der Waals surface area contributed by atoms with Crippen LogP contribution in [0.2, 0.25) is 0 Å². The molecule has 0 fully saturated rings. The number of hydrogen-bond acceptors (Lipinski definition) is 1. The molecule has 0 atom stereocenters. The topological polar surface area (TPSA) is 17.1 Å². The Morgan fingerprint density at radius 2 is 1.50 bits per heavy atom. The fourth-order valence-corrected chi connectivity index (χ4v) is 0. The fourth-order valence-electron chi connectivity index (χ4n) is 0. The summed E-state index contributed by atoms with van der Waals surface area (Å²) in [4.78, 5) is 10.1. The van der Waals surface area contributed by atoms with Crippen molar-refractivity contribution >= 4 is 5.78 Å². The van der Waals surface area contributed by atoms with Gasteiger partial charge in [0.25, 0.3) is 0 Å². The van der Waals surface area contributed by atoms with Gasteiger partial charge in [-0.1, -0.05) is 0 Å². The van der Waals surface area contributed by atoms with E-state index in [-0.39, 0.29) is 45.9 Å². The van der Waals surface area contributed by atoms with Crippen LogP contribution in [0.25, 0.3) is 0 Å². The molecule has 1 nitrogen and oxygen atoms in total. The molecule has 0 spiro atoms. The largest absolute Gasteiger partial charge is 0.358 e. The first-order valence-corrected chi connectivity index (χ1v) is 1.95. The van der Waals surface area contributed by atoms with E-state index >= 15 is 0 Å². The number of carbonyl (C=O) groups is 1. The van der Waals surface area contributed by atoms with Crippen LogP contribution < -0.4 is 0 Å². The molecular formula is C6H12OY-2. The summed E-state index contributed by atoms with van der Waals surface area (Å²) in [7, 11) is 0. The van der Waals surface area contributed by atoms with Crippen molar-refractivity contribution in [2.45, 2.75) is 20.8 Å². The molecule has 0 aliphatic carbocycles. The van der Waals surface area contributed by atoms with E-state index in [0.717, 1.165) is 5.92 Å². The number of hydrogen-bond donors (Lipinski definition) is 0. The Kier molecular flexibility index (Phi) is 15.1. The van der Waals surface area contributed by atoms with Crippen molar-refractivity contribution in [2.24, 2.45) is 0 Å². The van der Waals surface area contributed by atoms with Gasteiger partial charge in [0.05, 0.1) is 0 Å². The monoisotopic (exact) mass is 189 g/mol. The number of ketones is 1. The van der Waals surface area contributed by atoms with Crippen molar-refractivity contribution in [3.8, 4) is 0 Å². The maximum absolute atomic E-state index is 10.1. The molecule has 0 N–H and O–H groups in total. The minimum absolute atomic E-state index is 0. The average molecular weight is 189 g/mol. The van der Waals surface area contributed by atoms with E-state index in [9.17, 15) is 4.79 Å². The molecule has 0 rings (SSSR count). The number of carbonyl (C=O) groups excluding carboxylic acids is 1. The van der Waals surface area contributed by atoms with Crippen LogP contribution in [0.5, 0.6) is 0 Å². The molecule has 0 saturated carbocycles. The fraction of sp³-hybridized carbons (Fsp3) is 0.500. The van der Waals surface area contributed by atoms with Gasteiger partial charge in [0, 0.05) is 32.7 Å². The molecule has 0 aromatic heterocycles. The number of rotatable bonds is 1. The second-order valence-electron chi connectivity index (χ2n) is 1.56. The van der Waals surface area contributed by atoms with Gasteiger partial charge >= 0.3 is 0 Å². The third-order valence-corrected chi connectivity index (χ3v) is 0.704. The molecule has 0 unspecified atom stereocenters. The molecule has 0 aromatic rings. The van der Waals surface area contributed by atoms with Crippen molar-refractivity contribution in [3.63, 3.8) is 0 Å². The van der Waals surface area contributed by atoms with Crippen molar-refractivity contribution in [2.75, 3.05) is 0 Å². The van der Waals surface area contributed by atoms with Crippen molar-refractivity contribution in [3.05, 3.63) is 13.3 Å². The van der Waals surface area contributed by atoms with Gasteiger partial charge in [0.1, 0.15) is 0 Å². The second-order valence-corrected chi connectivity index (χ2v) is 1.56. The molecule has 2 heteroatoms. The first-order chi connectivity index (χ1) is 2.64. The summed E-state index contributed by atoms with van der Waals surface area (Å²) in [6.07, 6.45) is 0. The molecule has 0 saturated heterocycles. The van der Waals surface area contributed by atoms with E-state index in [2.05, 4.69) is 0 Å². The first kappa shape index (κ1) is 15.9. The molecule has 1 radical (unpaired) electrons. The smallest absolute Gasteiger partial charge is 0 e. The van der Waals surface area contributed by atoms with Crippen LogP contribution in [-0.4, -0.2) is 5.78 Å². The van der Waals surface area contributed by atoms with Crippen LogP contribution >= 0.6 is 0 Å². The summed E-state index contributed by atoms with van der Waals surface area (Å²) in [6, 6.07) is 0. The van der Waals surface area contributed by atoms with Crippen molar-refractivity contribution < 1.29 is 37.5 Å². The Hall–Kier alpha value is 0.644. The van der Waals surface area contributed by atoms with Crippen LogP contribution in [0, 0.1) is 13.3 Å². The second kappa shape index (κ2) is 7.64. The molecule has 0 heterocycles. The predicted octanol–water partition coefficient (Wildman–Crippen LogP) is 1.64. The normalized spacial score (nSPS) is 5.88. The summed E-state index contributed by atoms with van der Waals surface area (Å²) in [6.45, 7) is 5.18. The summed E-state index contributed by atoms with van der Waals surface area (Å²) in [5.41, 5.74) is 0. The maximum Gasteiger partial charge on any atom is 0 e. The standard InChI is InChI=1S/C5H9O.CH3.Y/c1-4(2)5(3)6;;/h1-3H3;1H3;/q2*-1;. The molecule has 0 aliphatic heterocycles. The van der Waals surface area contributed by atoms with Gasteiger partial charge in [-0.25, -0.2) is 0 Å². The molecular weight excluding hydrogens is 177 g/mol. The van der Waals surface area contributed by atoms with E-state index < -0.39 is 0 Å². The van der Waals surface area contributed by atoms with Crippen LogP contribution in [0.15, 0.2) is 0 Å². The maximum atomic E-state index is 10.1. The van der Waals surface area contributed by atoms with E-state index in [1.165, 1.54) is 0 Å². The van der Waals surface area contributed by atoms with Gasteiger partial charge in [-0.15, -0.1) is 0 Å². The van der Waals surface area contributed by atoms with E-state index in [0.29, 0.717) is 0 Å². The Labute approximate surface area is 77.1 Å². The molecule has 47 valence electrons. The van der Waals surface area contributed by atoms with E-state index in [4.69, 9.17) is 0 Å². The number of Topliss-reactive ketones (excluding diaryl/α,β-unsaturated/α-hetero) is 1. The van der Waals surface area contributed by atoms with Crippen LogP contribution in [0.4, 0.5) is 0 Å². The summed E-state index contributed by atoms with van der Waals surface area (Å²) < 4.78 is 0. The van der Waals surface area contributed by atoms with Gasteiger partial charge in [-0.2, -0.15) is 13.8 Å². The Bertz CT molecular complexity index is 59.5. The Balaban J connectivity index is -0.000000125. The van der Waals surface area contributed by atoms with Crippen molar-refractivity contribution in [1.82, 2.24) is 0 Å². The zero-order valence-electron chi connectivity index (χ0n) is 5.99. The van der Waals surface area contributed by atoms with E-state index in [1.807, 2.05) is 13.8 Å². The average Bonchev–Trinajstić information content (AvgIpc) is 1.36. The molecule has 8 heavy (non-hydrogen) atoms. The van der Waals surface area contributed by atoms with Gasteiger partial charge < -0.3 is 18.1 Å². The zero-order valence-corrected chi connectivity index (χ0v) is 8.82. The quantitative estimate of drug-likeness (QED) is 0.573. The van der Waals surface area contributed by atoms with E-state index in [1.54, 1.807) is 6.92 Å². The molecule has 0 aromatic carbocycles. The summed E-state index contributed by atoms with van der Waals surface area (Å²) in [5.74, 6) is 1.05. The SMILES string of the molecule is CC(=O)[C-](C)C.[CH3-].[Y]. The molecule has 0 bridgehead atoms. The van der Waals surface area contributed by atoms with Crippen LogP contribution in [0.3, 0.4) is 0 Å². The van der Waals surface area contributed by atoms with Gasteiger partial charge in [0.15, 0.2) is 0 Å². The first-order valence-electron chi connectivity index (χ1n) is 1.95. The van der Waals surface area contributed by atoms with Crippen LogP contribution in [0.1, 0.15) is 20.8 Å². The van der Waals surface area contributed by atoms with Gasteiger partial charge in [-0.3, -0.25) is 0 Å². The third-order valence-electron chi connectivity index (χ3n) is 0.704. The molecule has 0 amide bonds. The molecule has 0 aliphatic rings. The Morgan fingerprint density at radius 1 is 1.38 bits per heavy atom. The van der Waals surface area contributed by atoms with Gasteiger partial charge in [0.2, 0.25) is 0 Å². The predicted molar refractivity (Wildman–Crippen MR) is 31.7 cm³/mol. The van der Waals surface area contributed by atoms with Crippen LogP contribution in [-0.2, 0) is 37.5 Å². The van der Waals surface area contributed by atoms with Crippen molar-refractivity contribution in [1.29, 1.82) is 0 Å². The summed E-state index contributed by atoms with van der Waals surface area (Å²) >= 11 is 0. The van der Waals surface area contributed by atoms with Gasteiger partial charge in [-0.05, 0) is 12.7 Å². The minimum atomic E-state index is 0. The summed E-state index contributed by atoms with van der Waals surface area (Å²) in [5, 5.41) is 0. The third kappa shape index (κ3) is 9.81. The zero-order chi connectivity index (χ0) is 5.15. The Morgan fingerprint density at radius 3 is 1.50 bits per heavy atom.